The maximum Gasteiger partial charge on any atom is 0.338 e. The summed E-state index contributed by atoms with van der Waals surface area (Å²) in [4.78, 5) is 15.9. The van der Waals surface area contributed by atoms with Crippen LogP contribution in [-0.4, -0.2) is 24.2 Å². The highest BCUT2D eigenvalue weighted by atomic mass is 79.9. The van der Waals surface area contributed by atoms with Gasteiger partial charge in [-0.05, 0) is 41.9 Å². The van der Waals surface area contributed by atoms with Gasteiger partial charge < -0.3 is 9.47 Å². The highest BCUT2D eigenvalue weighted by Crippen LogP contribution is 2.34. The number of rotatable bonds is 3. The molecule has 0 N–H and O–H groups in total. The first-order chi connectivity index (χ1) is 8.51. The highest BCUT2D eigenvalue weighted by Gasteiger charge is 2.15. The average molecular weight is 330 g/mol. The van der Waals surface area contributed by atoms with Gasteiger partial charge >= 0.3 is 5.97 Å². The Balaban J connectivity index is 2.60. The van der Waals surface area contributed by atoms with Gasteiger partial charge in [-0.1, -0.05) is 0 Å². The van der Waals surface area contributed by atoms with Crippen molar-refractivity contribution in [3.8, 4) is 5.75 Å². The first-order valence-electron chi connectivity index (χ1n) is 5.36. The topological polar surface area (TPSA) is 48.4 Å². The minimum Gasteiger partial charge on any atom is -0.489 e. The van der Waals surface area contributed by atoms with Gasteiger partial charge in [0, 0.05) is 0 Å². The molecule has 96 valence electrons. The van der Waals surface area contributed by atoms with Gasteiger partial charge in [0.05, 0.1) is 23.5 Å². The van der Waals surface area contributed by atoms with E-state index in [4.69, 9.17) is 9.47 Å². The summed E-state index contributed by atoms with van der Waals surface area (Å²) in [5.74, 6) is 0.222. The van der Waals surface area contributed by atoms with Crippen LogP contribution in [0.5, 0.6) is 5.75 Å². The Morgan fingerprint density at radius 2 is 2.17 bits per heavy atom. The second kappa shape index (κ2) is 5.24. The van der Waals surface area contributed by atoms with Gasteiger partial charge in [-0.15, -0.1) is 11.3 Å². The molecule has 0 saturated carbocycles. The molecule has 1 aromatic carbocycles. The molecule has 0 atom stereocenters. The van der Waals surface area contributed by atoms with Crippen LogP contribution in [0.25, 0.3) is 10.2 Å². The Morgan fingerprint density at radius 1 is 1.44 bits per heavy atom. The highest BCUT2D eigenvalue weighted by molar-refractivity contribution is 9.11. The third-order valence-corrected chi connectivity index (χ3v) is 3.67. The number of carbonyl (C=O) groups is 1. The lowest BCUT2D eigenvalue weighted by Gasteiger charge is -2.11. The van der Waals surface area contributed by atoms with Crippen molar-refractivity contribution in [1.29, 1.82) is 0 Å². The molecule has 4 nitrogen and oxygen atoms in total. The molecule has 0 amide bonds. The predicted molar refractivity (Wildman–Crippen MR) is 74.4 cm³/mol. The van der Waals surface area contributed by atoms with E-state index in [1.165, 1.54) is 18.4 Å². The van der Waals surface area contributed by atoms with E-state index < -0.39 is 0 Å². The van der Waals surface area contributed by atoms with Crippen molar-refractivity contribution in [2.45, 2.75) is 20.0 Å². The summed E-state index contributed by atoms with van der Waals surface area (Å²) >= 11 is 4.79. The number of hydrogen-bond donors (Lipinski definition) is 0. The Labute approximate surface area is 117 Å². The van der Waals surface area contributed by atoms with E-state index in [2.05, 4.69) is 20.9 Å². The summed E-state index contributed by atoms with van der Waals surface area (Å²) < 4.78 is 12.1. The Kier molecular flexibility index (Phi) is 3.87. The number of carbonyl (C=O) groups excluding carboxylic acids is 1. The molecule has 18 heavy (non-hydrogen) atoms. The quantitative estimate of drug-likeness (QED) is 0.807. The zero-order chi connectivity index (χ0) is 13.3. The molecule has 1 heterocycles. The van der Waals surface area contributed by atoms with Crippen molar-refractivity contribution in [3.63, 3.8) is 0 Å². The van der Waals surface area contributed by atoms with Gasteiger partial charge in [0.15, 0.2) is 3.92 Å². The number of nitrogens with zero attached hydrogens (tertiary/aromatic N) is 1. The summed E-state index contributed by atoms with van der Waals surface area (Å²) in [5.41, 5.74) is 1.23. The van der Waals surface area contributed by atoms with Crippen LogP contribution in [0.4, 0.5) is 0 Å². The monoisotopic (exact) mass is 329 g/mol. The van der Waals surface area contributed by atoms with Crippen LogP contribution in [-0.2, 0) is 4.74 Å². The Hall–Kier alpha value is -1.14. The molecule has 0 saturated heterocycles. The smallest absolute Gasteiger partial charge is 0.338 e. The fraction of sp³-hybridized carbons (Fsp3) is 0.333. The molecule has 2 aromatic rings. The molecular formula is C12H12BrNO3S. The van der Waals surface area contributed by atoms with Crippen LogP contribution in [0.1, 0.15) is 24.2 Å². The van der Waals surface area contributed by atoms with Gasteiger partial charge in [0.25, 0.3) is 0 Å². The minimum atomic E-state index is -0.380. The second-order valence-corrected chi connectivity index (χ2v) is 6.25. The third-order valence-electron chi connectivity index (χ3n) is 2.22. The average Bonchev–Trinajstić information content (AvgIpc) is 2.68. The molecular weight excluding hydrogens is 318 g/mol. The number of thiazole rings is 1. The lowest BCUT2D eigenvalue weighted by molar-refractivity contribution is 0.0600. The van der Waals surface area contributed by atoms with Gasteiger partial charge in [-0.3, -0.25) is 0 Å². The molecule has 6 heteroatoms. The largest absolute Gasteiger partial charge is 0.489 e. The SMILES string of the molecule is COC(=O)c1cc(OC(C)C)c2nc(Br)sc2c1. The lowest BCUT2D eigenvalue weighted by Crippen LogP contribution is -2.08. The molecule has 1 aromatic heterocycles. The van der Waals surface area contributed by atoms with E-state index in [0.29, 0.717) is 11.3 Å². The van der Waals surface area contributed by atoms with E-state index in [0.717, 1.165) is 14.1 Å². The number of esters is 1. The maximum absolute atomic E-state index is 11.6. The number of hydrogen-bond acceptors (Lipinski definition) is 5. The number of ether oxygens (including phenoxy) is 2. The molecule has 0 unspecified atom stereocenters. The normalized spacial score (nSPS) is 10.9. The zero-order valence-corrected chi connectivity index (χ0v) is 12.6. The molecule has 0 fully saturated rings. The second-order valence-electron chi connectivity index (χ2n) is 3.95. The fourth-order valence-electron chi connectivity index (χ4n) is 1.55. The zero-order valence-electron chi connectivity index (χ0n) is 10.2. The summed E-state index contributed by atoms with van der Waals surface area (Å²) in [7, 11) is 1.36. The van der Waals surface area contributed by atoms with Crippen molar-refractivity contribution in [2.24, 2.45) is 0 Å². The van der Waals surface area contributed by atoms with E-state index in [-0.39, 0.29) is 12.1 Å². The van der Waals surface area contributed by atoms with Crippen molar-refractivity contribution in [2.75, 3.05) is 7.11 Å². The van der Waals surface area contributed by atoms with Crippen LogP contribution in [0.3, 0.4) is 0 Å². The van der Waals surface area contributed by atoms with Gasteiger partial charge in [0.1, 0.15) is 11.3 Å². The number of aromatic nitrogens is 1. The Morgan fingerprint density at radius 3 is 2.78 bits per heavy atom. The van der Waals surface area contributed by atoms with Crippen LogP contribution in [0, 0.1) is 0 Å². The van der Waals surface area contributed by atoms with Gasteiger partial charge in [-0.2, -0.15) is 0 Å². The van der Waals surface area contributed by atoms with Gasteiger partial charge in [0.2, 0.25) is 0 Å². The lowest BCUT2D eigenvalue weighted by atomic mass is 10.2. The van der Waals surface area contributed by atoms with E-state index >= 15 is 0 Å². The summed E-state index contributed by atoms with van der Waals surface area (Å²) in [6.45, 7) is 3.86. The van der Waals surface area contributed by atoms with Crippen molar-refractivity contribution < 1.29 is 14.3 Å². The van der Waals surface area contributed by atoms with Crippen LogP contribution in [0.15, 0.2) is 16.0 Å². The van der Waals surface area contributed by atoms with Crippen molar-refractivity contribution in [1.82, 2.24) is 4.98 Å². The first-order valence-corrected chi connectivity index (χ1v) is 6.97. The van der Waals surface area contributed by atoms with Crippen LogP contribution in [0.2, 0.25) is 0 Å². The number of halogens is 1. The fourth-order valence-corrected chi connectivity index (χ4v) is 3.00. The van der Waals surface area contributed by atoms with Crippen molar-refractivity contribution >= 4 is 43.5 Å². The molecule has 0 aliphatic rings. The van der Waals surface area contributed by atoms with E-state index in [1.807, 2.05) is 13.8 Å². The molecule has 2 rings (SSSR count). The van der Waals surface area contributed by atoms with Crippen LogP contribution >= 0.6 is 27.3 Å². The van der Waals surface area contributed by atoms with Crippen LogP contribution < -0.4 is 4.74 Å². The summed E-state index contributed by atoms with van der Waals surface area (Å²) in [5, 5.41) is 0. The summed E-state index contributed by atoms with van der Waals surface area (Å²) in [6.07, 6.45) is 0.0153. The molecule has 0 spiro atoms. The maximum atomic E-state index is 11.6. The number of fused-ring (bicyclic) bond motifs is 1. The third kappa shape index (κ3) is 2.64. The predicted octanol–water partition coefficient (Wildman–Crippen LogP) is 3.63. The molecule has 0 bridgehead atoms. The first kappa shape index (κ1) is 13.3. The van der Waals surface area contributed by atoms with E-state index in [1.54, 1.807) is 12.1 Å². The summed E-state index contributed by atoms with van der Waals surface area (Å²) in [6, 6.07) is 3.43. The molecule has 0 aliphatic carbocycles. The standard InChI is InChI=1S/C12H12BrNO3S/c1-6(2)17-8-4-7(11(15)16-3)5-9-10(8)14-12(13)18-9/h4-6H,1-3H3. The molecule has 0 radical (unpaired) electrons. The van der Waals surface area contributed by atoms with Crippen molar-refractivity contribution in [3.05, 3.63) is 21.6 Å². The molecule has 0 aliphatic heterocycles. The Bertz CT molecular complexity index is 594. The van der Waals surface area contributed by atoms with E-state index in [9.17, 15) is 4.79 Å². The van der Waals surface area contributed by atoms with Gasteiger partial charge in [-0.25, -0.2) is 9.78 Å². The number of benzene rings is 1. The minimum absolute atomic E-state index is 0.0153. The number of methoxy groups -OCH3 is 1.